The molecule has 1 aliphatic rings. The molecule has 2 N–H and O–H groups in total. The molecular formula is C24H29N7O2. The van der Waals surface area contributed by atoms with Gasteiger partial charge in [0.25, 0.3) is 0 Å². The van der Waals surface area contributed by atoms with Gasteiger partial charge in [-0.15, -0.1) is 0 Å². The predicted octanol–water partition coefficient (Wildman–Crippen LogP) is 2.41. The van der Waals surface area contributed by atoms with Crippen molar-refractivity contribution in [3.8, 4) is 0 Å². The Morgan fingerprint density at radius 2 is 2.09 bits per heavy atom. The van der Waals surface area contributed by atoms with E-state index in [1.807, 2.05) is 75.4 Å². The van der Waals surface area contributed by atoms with Gasteiger partial charge >= 0.3 is 0 Å². The standard InChI is InChI=1S/C24H29N7O2/c1-15-8-9-31(19-12-25-29(4)13-19)28-22(11-21(15)24(33)26-16(2)14-32)18-6-7-20-17(3)27-30(5)23(20)10-18/h6-13,15-16,32H,14H2,1-5H3,(H,26,33)/b9-8+,21-11+,28-22+/t15-,16-/m0/s1. The Morgan fingerprint density at radius 3 is 2.79 bits per heavy atom. The summed E-state index contributed by atoms with van der Waals surface area (Å²) in [5, 5.41) is 28.7. The van der Waals surface area contributed by atoms with Crippen molar-refractivity contribution >= 4 is 28.2 Å². The summed E-state index contributed by atoms with van der Waals surface area (Å²) in [4.78, 5) is 13.0. The lowest BCUT2D eigenvalue weighted by atomic mass is 9.95. The van der Waals surface area contributed by atoms with E-state index >= 15 is 0 Å². The highest BCUT2D eigenvalue weighted by atomic mass is 16.3. The molecule has 1 amide bonds. The van der Waals surface area contributed by atoms with Gasteiger partial charge in [0.15, 0.2) is 0 Å². The van der Waals surface area contributed by atoms with Crippen LogP contribution in [0, 0.1) is 12.8 Å². The van der Waals surface area contributed by atoms with Crippen LogP contribution in [0.3, 0.4) is 0 Å². The topological polar surface area (TPSA) is 101 Å². The Bertz CT molecular complexity index is 1280. The number of aliphatic hydroxyl groups is 1. The molecule has 33 heavy (non-hydrogen) atoms. The van der Waals surface area contributed by atoms with Crippen molar-refractivity contribution in [2.75, 3.05) is 11.6 Å². The lowest BCUT2D eigenvalue weighted by molar-refractivity contribution is -0.118. The van der Waals surface area contributed by atoms with Gasteiger partial charge in [0.05, 0.1) is 35.9 Å². The largest absolute Gasteiger partial charge is 0.394 e. The van der Waals surface area contributed by atoms with Crippen molar-refractivity contribution < 1.29 is 9.90 Å². The van der Waals surface area contributed by atoms with E-state index in [4.69, 9.17) is 5.10 Å². The van der Waals surface area contributed by atoms with Gasteiger partial charge in [0, 0.05) is 48.8 Å². The average Bonchev–Trinajstić information content (AvgIpc) is 3.33. The maximum atomic E-state index is 13.0. The minimum Gasteiger partial charge on any atom is -0.394 e. The second-order valence-corrected chi connectivity index (χ2v) is 8.43. The molecule has 0 radical (unpaired) electrons. The van der Waals surface area contributed by atoms with Crippen LogP contribution in [0.5, 0.6) is 0 Å². The number of aliphatic hydroxyl groups excluding tert-OH is 1. The third-order valence-corrected chi connectivity index (χ3v) is 5.72. The summed E-state index contributed by atoms with van der Waals surface area (Å²) in [5.74, 6) is -0.406. The van der Waals surface area contributed by atoms with E-state index in [1.165, 1.54) is 0 Å². The summed E-state index contributed by atoms with van der Waals surface area (Å²) in [7, 11) is 3.77. The highest BCUT2D eigenvalue weighted by Gasteiger charge is 2.21. The van der Waals surface area contributed by atoms with Crippen LogP contribution in [0.4, 0.5) is 5.69 Å². The normalized spacial score (nSPS) is 21.5. The second kappa shape index (κ2) is 9.03. The molecule has 0 spiro atoms. The van der Waals surface area contributed by atoms with E-state index in [-0.39, 0.29) is 24.5 Å². The molecule has 0 saturated heterocycles. The van der Waals surface area contributed by atoms with E-state index in [2.05, 4.69) is 15.5 Å². The minimum atomic E-state index is -0.346. The number of allylic oxidation sites excluding steroid dienone is 2. The van der Waals surface area contributed by atoms with Crippen LogP contribution in [0.2, 0.25) is 0 Å². The fourth-order valence-corrected chi connectivity index (χ4v) is 3.81. The lowest BCUT2D eigenvalue weighted by Gasteiger charge is -2.21. The smallest absolute Gasteiger partial charge is 0.248 e. The molecule has 0 unspecified atom stereocenters. The van der Waals surface area contributed by atoms with Crippen molar-refractivity contribution in [3.05, 3.63) is 65.8 Å². The van der Waals surface area contributed by atoms with E-state index in [1.54, 1.807) is 22.8 Å². The minimum absolute atomic E-state index is 0.129. The zero-order chi connectivity index (χ0) is 23.7. The third-order valence-electron chi connectivity index (χ3n) is 5.72. The van der Waals surface area contributed by atoms with E-state index < -0.39 is 0 Å². The fourth-order valence-electron chi connectivity index (χ4n) is 3.81. The van der Waals surface area contributed by atoms with Crippen molar-refractivity contribution in [3.63, 3.8) is 0 Å². The summed E-state index contributed by atoms with van der Waals surface area (Å²) in [6.45, 7) is 5.58. The molecule has 9 heteroatoms. The number of benzene rings is 1. The Labute approximate surface area is 192 Å². The van der Waals surface area contributed by atoms with Gasteiger partial charge in [-0.05, 0) is 26.0 Å². The number of carbonyl (C=O) groups excluding carboxylic acids is 1. The SMILES string of the molecule is Cc1nn(C)c2cc(C3=N/N(c4cnn(C)c4)/C=C/[C@H](C)/C(C(=O)N[C@@H](C)CO)=C\3)ccc12. The molecule has 1 aromatic carbocycles. The van der Waals surface area contributed by atoms with Crippen LogP contribution < -0.4 is 10.3 Å². The first-order chi connectivity index (χ1) is 15.8. The third kappa shape index (κ3) is 4.58. The van der Waals surface area contributed by atoms with Gasteiger partial charge in [-0.3, -0.25) is 14.2 Å². The number of hydrazone groups is 1. The number of nitrogens with zero attached hydrogens (tertiary/aromatic N) is 6. The predicted molar refractivity (Wildman–Crippen MR) is 129 cm³/mol. The van der Waals surface area contributed by atoms with Gasteiger partial charge in [0.1, 0.15) is 5.69 Å². The van der Waals surface area contributed by atoms with Crippen LogP contribution in [0.1, 0.15) is 25.1 Å². The van der Waals surface area contributed by atoms with Gasteiger partial charge < -0.3 is 10.4 Å². The Kier molecular flexibility index (Phi) is 6.15. The Morgan fingerprint density at radius 1 is 1.30 bits per heavy atom. The van der Waals surface area contributed by atoms with Crippen molar-refractivity contribution in [1.82, 2.24) is 24.9 Å². The molecule has 172 valence electrons. The molecule has 1 aliphatic heterocycles. The van der Waals surface area contributed by atoms with Crippen LogP contribution >= 0.6 is 0 Å². The molecule has 3 heterocycles. The second-order valence-electron chi connectivity index (χ2n) is 8.43. The zero-order valence-corrected chi connectivity index (χ0v) is 19.5. The summed E-state index contributed by atoms with van der Waals surface area (Å²) in [5.41, 5.74) is 4.82. The zero-order valence-electron chi connectivity index (χ0n) is 19.5. The molecule has 9 nitrogen and oxygen atoms in total. The molecule has 2 aromatic heterocycles. The van der Waals surface area contributed by atoms with Gasteiger partial charge in [-0.2, -0.15) is 15.3 Å². The van der Waals surface area contributed by atoms with Crippen molar-refractivity contribution in [2.24, 2.45) is 25.1 Å². The summed E-state index contributed by atoms with van der Waals surface area (Å²) in [6.07, 6.45) is 9.22. The maximum absolute atomic E-state index is 13.0. The Hall–Kier alpha value is -3.72. The van der Waals surface area contributed by atoms with Gasteiger partial charge in [-0.25, -0.2) is 5.01 Å². The monoisotopic (exact) mass is 447 g/mol. The molecule has 0 fully saturated rings. The first kappa shape index (κ1) is 22.5. The first-order valence-corrected chi connectivity index (χ1v) is 10.9. The van der Waals surface area contributed by atoms with Crippen molar-refractivity contribution in [1.29, 1.82) is 0 Å². The van der Waals surface area contributed by atoms with Crippen LogP contribution in [-0.2, 0) is 18.9 Å². The van der Waals surface area contributed by atoms with Crippen molar-refractivity contribution in [2.45, 2.75) is 26.8 Å². The number of aromatic nitrogens is 4. The summed E-state index contributed by atoms with van der Waals surface area (Å²) < 4.78 is 3.56. The molecule has 2 atom stereocenters. The highest BCUT2D eigenvalue weighted by molar-refractivity contribution is 6.14. The summed E-state index contributed by atoms with van der Waals surface area (Å²) in [6, 6.07) is 5.72. The number of rotatable bonds is 5. The number of anilines is 1. The van der Waals surface area contributed by atoms with E-state index in [0.29, 0.717) is 11.3 Å². The molecular weight excluding hydrogens is 418 g/mol. The molecule has 0 bridgehead atoms. The number of hydrogen-bond donors (Lipinski definition) is 2. The quantitative estimate of drug-likeness (QED) is 0.626. The maximum Gasteiger partial charge on any atom is 0.248 e. The number of carbonyl (C=O) groups is 1. The van der Waals surface area contributed by atoms with Crippen LogP contribution in [-0.4, -0.2) is 48.9 Å². The molecule has 4 rings (SSSR count). The van der Waals surface area contributed by atoms with Gasteiger partial charge in [-0.1, -0.05) is 25.1 Å². The first-order valence-electron chi connectivity index (χ1n) is 10.9. The number of hydrogen-bond acceptors (Lipinski definition) is 6. The lowest BCUT2D eigenvalue weighted by Crippen LogP contribution is -2.37. The summed E-state index contributed by atoms with van der Waals surface area (Å²) >= 11 is 0. The number of fused-ring (bicyclic) bond motifs is 1. The fraction of sp³-hybridized carbons (Fsp3) is 0.333. The van der Waals surface area contributed by atoms with Gasteiger partial charge in [0.2, 0.25) is 5.91 Å². The number of amides is 1. The molecule has 3 aromatic rings. The highest BCUT2D eigenvalue weighted by Crippen LogP contribution is 2.25. The number of aryl methyl sites for hydroxylation is 3. The molecule has 0 saturated carbocycles. The van der Waals surface area contributed by atoms with E-state index in [9.17, 15) is 9.90 Å². The Balaban J connectivity index is 1.86. The number of nitrogens with one attached hydrogen (secondary N) is 1. The molecule has 0 aliphatic carbocycles. The van der Waals surface area contributed by atoms with Crippen LogP contribution in [0.25, 0.3) is 10.9 Å². The average molecular weight is 448 g/mol. The van der Waals surface area contributed by atoms with E-state index in [0.717, 1.165) is 27.8 Å². The van der Waals surface area contributed by atoms with Crippen LogP contribution in [0.15, 0.2) is 59.6 Å².